The molecule has 0 aromatic rings. The maximum Gasteiger partial charge on any atom is 0.0615 e. The number of hydrogen-bond donors (Lipinski definition) is 1. The standard InChI is InChI=1S/C11H20O/c1-2-3-4-5-6-7-8-9-10-11-12/h7-10,12H,2-6,11H2,1H3/b8-7-,10-9-. The predicted octanol–water partition coefficient (Wildman–Crippen LogP) is 3.06. The van der Waals surface area contributed by atoms with Gasteiger partial charge in [-0.05, 0) is 12.8 Å². The molecule has 0 spiro atoms. The molecule has 0 radical (unpaired) electrons. The van der Waals surface area contributed by atoms with Crippen LogP contribution >= 0.6 is 0 Å². The summed E-state index contributed by atoms with van der Waals surface area (Å²) < 4.78 is 0. The molecule has 12 heavy (non-hydrogen) atoms. The van der Waals surface area contributed by atoms with E-state index in [2.05, 4.69) is 13.0 Å². The molecular formula is C11H20O. The van der Waals surface area contributed by atoms with Crippen LogP contribution in [0.3, 0.4) is 0 Å². The third-order valence-electron chi connectivity index (χ3n) is 1.71. The average molecular weight is 168 g/mol. The van der Waals surface area contributed by atoms with E-state index in [0.29, 0.717) is 0 Å². The lowest BCUT2D eigenvalue weighted by Gasteiger charge is -1.92. The lowest BCUT2D eigenvalue weighted by molar-refractivity contribution is 0.343. The number of aliphatic hydroxyl groups is 1. The maximum absolute atomic E-state index is 8.42. The second-order valence-electron chi connectivity index (χ2n) is 2.89. The van der Waals surface area contributed by atoms with Crippen LogP contribution in [-0.4, -0.2) is 11.7 Å². The van der Waals surface area contributed by atoms with Gasteiger partial charge in [0.15, 0.2) is 0 Å². The van der Waals surface area contributed by atoms with Gasteiger partial charge in [0.1, 0.15) is 0 Å². The average Bonchev–Trinajstić information content (AvgIpc) is 2.10. The van der Waals surface area contributed by atoms with E-state index >= 15 is 0 Å². The summed E-state index contributed by atoms with van der Waals surface area (Å²) in [5.74, 6) is 0. The van der Waals surface area contributed by atoms with Crippen molar-refractivity contribution in [3.8, 4) is 0 Å². The number of hydrogen-bond acceptors (Lipinski definition) is 1. The summed E-state index contributed by atoms with van der Waals surface area (Å²) >= 11 is 0. The molecule has 70 valence electrons. The minimum absolute atomic E-state index is 0.139. The minimum atomic E-state index is 0.139. The van der Waals surface area contributed by atoms with E-state index in [0.717, 1.165) is 6.42 Å². The topological polar surface area (TPSA) is 20.2 Å². The smallest absolute Gasteiger partial charge is 0.0615 e. The molecule has 0 amide bonds. The Morgan fingerprint density at radius 3 is 2.42 bits per heavy atom. The lowest BCUT2D eigenvalue weighted by Crippen LogP contribution is -1.73. The van der Waals surface area contributed by atoms with Crippen molar-refractivity contribution >= 4 is 0 Å². The van der Waals surface area contributed by atoms with E-state index in [9.17, 15) is 0 Å². The third kappa shape index (κ3) is 9.44. The number of rotatable bonds is 7. The first-order valence-electron chi connectivity index (χ1n) is 4.84. The summed E-state index contributed by atoms with van der Waals surface area (Å²) in [7, 11) is 0. The lowest BCUT2D eigenvalue weighted by atomic mass is 10.1. The molecular weight excluding hydrogens is 148 g/mol. The minimum Gasteiger partial charge on any atom is -0.392 e. The van der Waals surface area contributed by atoms with Crippen molar-refractivity contribution in [1.29, 1.82) is 0 Å². The summed E-state index contributed by atoms with van der Waals surface area (Å²) in [5.41, 5.74) is 0. The Balaban J connectivity index is 3.07. The van der Waals surface area contributed by atoms with Gasteiger partial charge in [-0.3, -0.25) is 0 Å². The summed E-state index contributed by atoms with van der Waals surface area (Å²) in [6, 6.07) is 0. The molecule has 1 nitrogen and oxygen atoms in total. The van der Waals surface area contributed by atoms with Crippen LogP contribution in [0.2, 0.25) is 0 Å². The molecule has 0 saturated carbocycles. The molecule has 0 aromatic heterocycles. The molecule has 0 bridgehead atoms. The van der Waals surface area contributed by atoms with Crippen LogP contribution in [0.4, 0.5) is 0 Å². The zero-order chi connectivity index (χ0) is 9.07. The third-order valence-corrected chi connectivity index (χ3v) is 1.71. The van der Waals surface area contributed by atoms with Crippen LogP contribution in [0.5, 0.6) is 0 Å². The fourth-order valence-corrected chi connectivity index (χ4v) is 1.00. The highest BCUT2D eigenvalue weighted by molar-refractivity contribution is 5.02. The highest BCUT2D eigenvalue weighted by Gasteiger charge is 1.82. The Morgan fingerprint density at radius 1 is 1.00 bits per heavy atom. The van der Waals surface area contributed by atoms with Gasteiger partial charge in [-0.15, -0.1) is 0 Å². The second kappa shape index (κ2) is 10.4. The van der Waals surface area contributed by atoms with Gasteiger partial charge in [0.05, 0.1) is 6.61 Å². The SMILES string of the molecule is CCCCCC/C=C\C=C/CO. The van der Waals surface area contributed by atoms with Crippen molar-refractivity contribution in [3.63, 3.8) is 0 Å². The zero-order valence-corrected chi connectivity index (χ0v) is 8.00. The molecule has 0 aliphatic rings. The number of unbranched alkanes of at least 4 members (excludes halogenated alkanes) is 4. The molecule has 0 fully saturated rings. The molecule has 0 unspecified atom stereocenters. The van der Waals surface area contributed by atoms with Gasteiger partial charge in [-0.1, -0.05) is 50.5 Å². The van der Waals surface area contributed by atoms with Gasteiger partial charge in [0, 0.05) is 0 Å². The van der Waals surface area contributed by atoms with E-state index in [-0.39, 0.29) is 6.61 Å². The van der Waals surface area contributed by atoms with Crippen LogP contribution in [0.1, 0.15) is 39.0 Å². The molecule has 0 rings (SSSR count). The molecule has 1 N–H and O–H groups in total. The number of allylic oxidation sites excluding steroid dienone is 3. The van der Waals surface area contributed by atoms with Crippen LogP contribution in [0.15, 0.2) is 24.3 Å². The molecule has 0 heterocycles. The van der Waals surface area contributed by atoms with Crippen molar-refractivity contribution in [3.05, 3.63) is 24.3 Å². The Kier molecular flexibility index (Phi) is 9.95. The quantitative estimate of drug-likeness (QED) is 0.457. The Labute approximate surface area is 75.8 Å². The fourth-order valence-electron chi connectivity index (χ4n) is 1.00. The normalized spacial score (nSPS) is 11.8. The molecule has 0 atom stereocenters. The van der Waals surface area contributed by atoms with Crippen LogP contribution in [-0.2, 0) is 0 Å². The van der Waals surface area contributed by atoms with Gasteiger partial charge in [-0.2, -0.15) is 0 Å². The number of aliphatic hydroxyl groups excluding tert-OH is 1. The Hall–Kier alpha value is -0.560. The summed E-state index contributed by atoms with van der Waals surface area (Å²) in [6.45, 7) is 2.36. The first-order valence-corrected chi connectivity index (χ1v) is 4.84. The predicted molar refractivity (Wildman–Crippen MR) is 54.1 cm³/mol. The van der Waals surface area contributed by atoms with Crippen molar-refractivity contribution in [2.24, 2.45) is 0 Å². The molecule has 1 heteroatoms. The van der Waals surface area contributed by atoms with Crippen LogP contribution in [0.25, 0.3) is 0 Å². The van der Waals surface area contributed by atoms with Gasteiger partial charge in [0.2, 0.25) is 0 Å². The Bertz CT molecular complexity index is 125. The van der Waals surface area contributed by atoms with Gasteiger partial charge in [-0.25, -0.2) is 0 Å². The van der Waals surface area contributed by atoms with Crippen LogP contribution in [0, 0.1) is 0 Å². The second-order valence-corrected chi connectivity index (χ2v) is 2.89. The molecule has 0 aliphatic heterocycles. The van der Waals surface area contributed by atoms with E-state index in [1.807, 2.05) is 12.2 Å². The largest absolute Gasteiger partial charge is 0.392 e. The van der Waals surface area contributed by atoms with Crippen LogP contribution < -0.4 is 0 Å². The van der Waals surface area contributed by atoms with E-state index in [4.69, 9.17) is 5.11 Å². The van der Waals surface area contributed by atoms with Crippen molar-refractivity contribution in [2.45, 2.75) is 39.0 Å². The summed E-state index contributed by atoms with van der Waals surface area (Å²) in [6.07, 6.45) is 14.2. The van der Waals surface area contributed by atoms with Crippen molar-refractivity contribution in [1.82, 2.24) is 0 Å². The van der Waals surface area contributed by atoms with Crippen molar-refractivity contribution < 1.29 is 5.11 Å². The zero-order valence-electron chi connectivity index (χ0n) is 8.00. The van der Waals surface area contributed by atoms with Gasteiger partial charge >= 0.3 is 0 Å². The molecule has 0 aromatic carbocycles. The molecule has 0 aliphatic carbocycles. The van der Waals surface area contributed by atoms with Gasteiger partial charge < -0.3 is 5.11 Å². The first-order chi connectivity index (χ1) is 5.91. The summed E-state index contributed by atoms with van der Waals surface area (Å²) in [4.78, 5) is 0. The fraction of sp³-hybridized carbons (Fsp3) is 0.636. The van der Waals surface area contributed by atoms with E-state index < -0.39 is 0 Å². The first kappa shape index (κ1) is 11.4. The molecule has 0 saturated heterocycles. The Morgan fingerprint density at radius 2 is 1.75 bits per heavy atom. The van der Waals surface area contributed by atoms with Crippen molar-refractivity contribution in [2.75, 3.05) is 6.61 Å². The summed E-state index contributed by atoms with van der Waals surface area (Å²) in [5, 5.41) is 8.42. The monoisotopic (exact) mass is 168 g/mol. The van der Waals surface area contributed by atoms with E-state index in [1.165, 1.54) is 25.7 Å². The van der Waals surface area contributed by atoms with Gasteiger partial charge in [0.25, 0.3) is 0 Å². The highest BCUT2D eigenvalue weighted by Crippen LogP contribution is 2.02. The highest BCUT2D eigenvalue weighted by atomic mass is 16.2. The maximum atomic E-state index is 8.42. The van der Waals surface area contributed by atoms with E-state index in [1.54, 1.807) is 6.08 Å².